The summed E-state index contributed by atoms with van der Waals surface area (Å²) in [4.78, 5) is 30.4. The predicted octanol–water partition coefficient (Wildman–Crippen LogP) is 4.60. The fraction of sp³-hybridized carbons (Fsp3) is 0.333. The van der Waals surface area contributed by atoms with Crippen LogP contribution < -0.4 is 20.5 Å². The standard InChI is InChI=1S/C30H26ClF4N5O5/c1-29(27(36)42)12-45-25-17(29)9-20(38-24(25)16-5-6-18(31)22(33)21(16)32)30(43,15-3-4-15)11-37-26(41)13-7-14-10-40(28(34)35)39-23(14)19(8-13)44-2/h5-10,15,28,43H,3-4,11-12H2,1-2H3,(H2,36,42)(H,37,41)/t29-,30+/m0/s1. The molecule has 1 saturated carbocycles. The Morgan fingerprint density at radius 3 is 2.64 bits per heavy atom. The lowest BCUT2D eigenvalue weighted by atomic mass is 9.81. The van der Waals surface area contributed by atoms with Crippen molar-refractivity contribution in [2.75, 3.05) is 20.3 Å². The Bertz CT molecular complexity index is 1880. The highest BCUT2D eigenvalue weighted by Crippen LogP contribution is 2.50. The normalized spacial score (nSPS) is 18.9. The van der Waals surface area contributed by atoms with Gasteiger partial charge in [0.15, 0.2) is 11.6 Å². The molecule has 2 aliphatic rings. The van der Waals surface area contributed by atoms with E-state index in [4.69, 9.17) is 26.8 Å². The molecule has 236 valence electrons. The predicted molar refractivity (Wildman–Crippen MR) is 153 cm³/mol. The first-order chi connectivity index (χ1) is 21.3. The number of nitrogens with one attached hydrogen (secondary N) is 1. The van der Waals surface area contributed by atoms with E-state index in [0.29, 0.717) is 17.5 Å². The Labute approximate surface area is 258 Å². The first-order valence-corrected chi connectivity index (χ1v) is 14.1. The lowest BCUT2D eigenvalue weighted by molar-refractivity contribution is -0.123. The van der Waals surface area contributed by atoms with Crippen LogP contribution in [0.3, 0.4) is 0 Å². The minimum atomic E-state index is -2.91. The van der Waals surface area contributed by atoms with E-state index in [1.54, 1.807) is 0 Å². The maximum Gasteiger partial charge on any atom is 0.333 e. The summed E-state index contributed by atoms with van der Waals surface area (Å²) in [7, 11) is 1.31. The van der Waals surface area contributed by atoms with Gasteiger partial charge in [0.1, 0.15) is 40.3 Å². The van der Waals surface area contributed by atoms with E-state index < -0.39 is 52.0 Å². The number of carbonyl (C=O) groups excluding carboxylic acids is 2. The number of nitrogens with zero attached hydrogens (tertiary/aromatic N) is 3. The highest BCUT2D eigenvalue weighted by atomic mass is 35.5. The average Bonchev–Trinajstić information content (AvgIpc) is 3.69. The molecule has 10 nitrogen and oxygen atoms in total. The number of aliphatic hydroxyl groups is 1. The number of ether oxygens (including phenoxy) is 2. The van der Waals surface area contributed by atoms with E-state index in [9.17, 15) is 27.9 Å². The molecule has 1 aliphatic heterocycles. The van der Waals surface area contributed by atoms with Crippen molar-refractivity contribution in [3.63, 3.8) is 0 Å². The number of aromatic nitrogens is 3. The molecule has 4 N–H and O–H groups in total. The van der Waals surface area contributed by atoms with Crippen LogP contribution in [0.2, 0.25) is 5.02 Å². The van der Waals surface area contributed by atoms with Crippen LogP contribution in [0.1, 0.15) is 47.9 Å². The van der Waals surface area contributed by atoms with Crippen molar-refractivity contribution in [2.24, 2.45) is 11.7 Å². The van der Waals surface area contributed by atoms with E-state index in [1.807, 2.05) is 0 Å². The molecular formula is C30H26ClF4N5O5. The molecular weight excluding hydrogens is 622 g/mol. The maximum absolute atomic E-state index is 15.2. The molecule has 45 heavy (non-hydrogen) atoms. The van der Waals surface area contributed by atoms with E-state index in [-0.39, 0.29) is 63.6 Å². The Kier molecular flexibility index (Phi) is 7.39. The summed E-state index contributed by atoms with van der Waals surface area (Å²) in [5.41, 5.74) is 2.33. The van der Waals surface area contributed by atoms with Crippen molar-refractivity contribution in [2.45, 2.75) is 37.3 Å². The van der Waals surface area contributed by atoms with Crippen LogP contribution in [0.15, 0.2) is 36.5 Å². The Balaban J connectivity index is 1.41. The minimum Gasteiger partial charge on any atom is -0.494 e. The summed E-state index contributed by atoms with van der Waals surface area (Å²) in [5.74, 6) is -4.37. The molecule has 0 radical (unpaired) electrons. The SMILES string of the molecule is COc1cc(C(=O)NC[C@](O)(c2cc3c(c(-c4ccc(Cl)c(F)c4F)n2)OC[C@]3(C)C(N)=O)C2CC2)cc2cn(C(F)F)nc12. The molecule has 1 aliphatic carbocycles. The average molecular weight is 648 g/mol. The number of alkyl halides is 2. The van der Waals surface area contributed by atoms with Gasteiger partial charge in [-0.1, -0.05) is 11.6 Å². The number of fused-ring (bicyclic) bond motifs is 2. The van der Waals surface area contributed by atoms with Gasteiger partial charge in [-0.25, -0.2) is 18.4 Å². The maximum atomic E-state index is 15.2. The van der Waals surface area contributed by atoms with Gasteiger partial charge in [0.25, 0.3) is 5.91 Å². The molecule has 0 spiro atoms. The quantitative estimate of drug-likeness (QED) is 0.178. The number of amides is 2. The number of hydrogen-bond donors (Lipinski definition) is 3. The number of methoxy groups -OCH3 is 1. The fourth-order valence-corrected chi connectivity index (χ4v) is 5.68. The fourth-order valence-electron chi connectivity index (χ4n) is 5.53. The third-order valence-electron chi connectivity index (χ3n) is 8.39. The van der Waals surface area contributed by atoms with Crippen LogP contribution in [0, 0.1) is 17.6 Å². The number of primary amides is 1. The van der Waals surface area contributed by atoms with Gasteiger partial charge in [-0.05, 0) is 56.0 Å². The molecule has 2 atom stereocenters. The van der Waals surface area contributed by atoms with Crippen molar-refractivity contribution >= 4 is 34.3 Å². The molecule has 0 bridgehead atoms. The molecule has 6 rings (SSSR count). The Morgan fingerprint density at radius 2 is 2.00 bits per heavy atom. The zero-order chi connectivity index (χ0) is 32.4. The monoisotopic (exact) mass is 647 g/mol. The third-order valence-corrected chi connectivity index (χ3v) is 8.69. The molecule has 3 heterocycles. The highest BCUT2D eigenvalue weighted by Gasteiger charge is 2.50. The Hall–Kier alpha value is -4.43. The number of rotatable bonds is 9. The van der Waals surface area contributed by atoms with Crippen LogP contribution in [0.25, 0.3) is 22.2 Å². The number of nitrogens with two attached hydrogens (primary N) is 1. The first-order valence-electron chi connectivity index (χ1n) is 13.8. The second-order valence-electron chi connectivity index (χ2n) is 11.3. The van der Waals surface area contributed by atoms with Gasteiger partial charge >= 0.3 is 6.55 Å². The van der Waals surface area contributed by atoms with E-state index >= 15 is 4.39 Å². The number of halogens is 5. The van der Waals surface area contributed by atoms with Crippen LogP contribution in [-0.4, -0.2) is 51.9 Å². The summed E-state index contributed by atoms with van der Waals surface area (Å²) in [6.45, 7) is -1.98. The van der Waals surface area contributed by atoms with Gasteiger partial charge in [0.2, 0.25) is 5.91 Å². The summed E-state index contributed by atoms with van der Waals surface area (Å²) < 4.78 is 67.7. The van der Waals surface area contributed by atoms with Gasteiger partial charge in [-0.3, -0.25) is 9.59 Å². The smallest absolute Gasteiger partial charge is 0.333 e. The third kappa shape index (κ3) is 5.01. The second kappa shape index (κ2) is 10.9. The molecule has 2 aromatic heterocycles. The molecule has 0 unspecified atom stereocenters. The van der Waals surface area contributed by atoms with E-state index in [2.05, 4.69) is 15.4 Å². The van der Waals surface area contributed by atoms with Crippen molar-refractivity contribution in [1.29, 1.82) is 0 Å². The summed E-state index contributed by atoms with van der Waals surface area (Å²) in [6.07, 6.45) is 2.19. The zero-order valence-corrected chi connectivity index (χ0v) is 24.6. The van der Waals surface area contributed by atoms with Crippen LogP contribution in [0.4, 0.5) is 17.6 Å². The summed E-state index contributed by atoms with van der Waals surface area (Å²) in [6, 6.07) is 6.46. The van der Waals surface area contributed by atoms with Crippen LogP contribution in [0.5, 0.6) is 11.5 Å². The Morgan fingerprint density at radius 1 is 1.27 bits per heavy atom. The van der Waals surface area contributed by atoms with Gasteiger partial charge in [-0.2, -0.15) is 13.9 Å². The summed E-state index contributed by atoms with van der Waals surface area (Å²) in [5, 5.41) is 18.3. The van der Waals surface area contributed by atoms with Crippen molar-refractivity contribution in [1.82, 2.24) is 20.1 Å². The topological polar surface area (TPSA) is 142 Å². The number of carbonyl (C=O) groups is 2. The molecule has 2 amide bonds. The van der Waals surface area contributed by atoms with Crippen molar-refractivity contribution in [3.05, 3.63) is 70.0 Å². The molecule has 1 fully saturated rings. The number of benzene rings is 2. The number of hydrogen-bond acceptors (Lipinski definition) is 7. The van der Waals surface area contributed by atoms with Gasteiger partial charge in [0.05, 0.1) is 24.4 Å². The zero-order valence-electron chi connectivity index (χ0n) is 23.8. The lowest BCUT2D eigenvalue weighted by Gasteiger charge is -2.30. The van der Waals surface area contributed by atoms with Gasteiger partial charge < -0.3 is 25.6 Å². The lowest BCUT2D eigenvalue weighted by Crippen LogP contribution is -2.44. The molecule has 0 saturated heterocycles. The van der Waals surface area contributed by atoms with E-state index in [1.165, 1.54) is 38.3 Å². The van der Waals surface area contributed by atoms with Gasteiger partial charge in [0, 0.05) is 28.3 Å². The minimum absolute atomic E-state index is 0.00686. The molecule has 2 aromatic carbocycles. The summed E-state index contributed by atoms with van der Waals surface area (Å²) >= 11 is 5.76. The van der Waals surface area contributed by atoms with Crippen molar-refractivity contribution in [3.8, 4) is 22.8 Å². The second-order valence-corrected chi connectivity index (χ2v) is 11.7. The van der Waals surface area contributed by atoms with Crippen LogP contribution >= 0.6 is 11.6 Å². The van der Waals surface area contributed by atoms with Crippen LogP contribution in [-0.2, 0) is 15.8 Å². The van der Waals surface area contributed by atoms with Crippen molar-refractivity contribution < 1.29 is 41.7 Å². The molecule has 15 heteroatoms. The van der Waals surface area contributed by atoms with E-state index in [0.717, 1.165) is 12.3 Å². The largest absolute Gasteiger partial charge is 0.494 e. The highest BCUT2D eigenvalue weighted by molar-refractivity contribution is 6.30. The first kappa shape index (κ1) is 30.6. The molecule has 4 aromatic rings. The van der Waals surface area contributed by atoms with Gasteiger partial charge in [-0.15, -0.1) is 0 Å². The number of pyridine rings is 1.